The zero-order chi connectivity index (χ0) is 21.1. The van der Waals surface area contributed by atoms with Gasteiger partial charge in [-0.2, -0.15) is 5.26 Å². The molecule has 1 aliphatic carbocycles. The van der Waals surface area contributed by atoms with Gasteiger partial charge >= 0.3 is 0 Å². The molecule has 0 amide bonds. The fraction of sp³-hybridized carbons (Fsp3) is 0.500. The van der Waals surface area contributed by atoms with Gasteiger partial charge in [0.2, 0.25) is 0 Å². The second-order valence-electron chi connectivity index (χ2n) is 8.17. The summed E-state index contributed by atoms with van der Waals surface area (Å²) >= 11 is 3.85. The molecule has 3 heteroatoms. The molecule has 3 rings (SSSR count). The van der Waals surface area contributed by atoms with Crippen LogP contribution in [0, 0.1) is 11.3 Å². The van der Waals surface area contributed by atoms with Crippen LogP contribution >= 0.6 is 15.9 Å². The predicted octanol–water partition coefficient (Wildman–Crippen LogP) is 7.09. The summed E-state index contributed by atoms with van der Waals surface area (Å²) in [5, 5.41) is 7.32. The van der Waals surface area contributed by atoms with Crippen LogP contribution in [0.1, 0.15) is 69.1 Å². The van der Waals surface area contributed by atoms with Crippen molar-refractivity contribution in [1.82, 2.24) is 4.90 Å². The van der Waals surface area contributed by atoms with Gasteiger partial charge in [0.15, 0.2) is 0 Å². The third kappa shape index (κ3) is 7.96. The van der Waals surface area contributed by atoms with E-state index in [0.717, 1.165) is 13.1 Å². The van der Waals surface area contributed by atoms with Gasteiger partial charge in [-0.15, -0.1) is 0 Å². The van der Waals surface area contributed by atoms with Crippen molar-refractivity contribution in [3.63, 3.8) is 0 Å². The molecule has 2 unspecified atom stereocenters. The molecule has 1 saturated carbocycles. The molecule has 0 saturated heterocycles. The maximum atomic E-state index is 7.32. The number of halogens is 1. The first-order valence-electron chi connectivity index (χ1n) is 10.9. The lowest BCUT2D eigenvalue weighted by molar-refractivity contribution is 0.210. The van der Waals surface area contributed by atoms with Crippen molar-refractivity contribution in [2.24, 2.45) is 0 Å². The van der Waals surface area contributed by atoms with E-state index >= 15 is 0 Å². The van der Waals surface area contributed by atoms with Gasteiger partial charge in [0.25, 0.3) is 0 Å². The number of nitrogens with zero attached hydrogens (tertiary/aromatic N) is 2. The van der Waals surface area contributed by atoms with Crippen LogP contribution in [0.3, 0.4) is 0 Å². The third-order valence-electron chi connectivity index (χ3n) is 5.71. The number of rotatable bonds is 8. The minimum atomic E-state index is 0.579. The van der Waals surface area contributed by atoms with Gasteiger partial charge < -0.3 is 0 Å². The van der Waals surface area contributed by atoms with Gasteiger partial charge in [-0.05, 0) is 68.7 Å². The molecule has 1 fully saturated rings. The molecule has 29 heavy (non-hydrogen) atoms. The first kappa shape index (κ1) is 23.6. The lowest BCUT2D eigenvalue weighted by Gasteiger charge is -2.26. The summed E-state index contributed by atoms with van der Waals surface area (Å²) in [5.41, 5.74) is 4.40. The lowest BCUT2D eigenvalue weighted by Crippen LogP contribution is -2.31. The fourth-order valence-corrected chi connectivity index (χ4v) is 4.94. The Morgan fingerprint density at radius 2 is 1.69 bits per heavy atom. The molecule has 0 heterocycles. The molecule has 2 atom stereocenters. The van der Waals surface area contributed by atoms with E-state index in [0.29, 0.717) is 16.8 Å². The van der Waals surface area contributed by atoms with E-state index in [1.165, 1.54) is 55.7 Å². The van der Waals surface area contributed by atoms with Gasteiger partial charge in [-0.25, -0.2) is 0 Å². The highest BCUT2D eigenvalue weighted by Gasteiger charge is 2.25. The molecule has 0 aliphatic heterocycles. The van der Waals surface area contributed by atoms with Gasteiger partial charge in [-0.1, -0.05) is 76.9 Å². The standard InChI is InChI=1S/C24H32BrN.C2H3N/c1-19(2)26(18-21-8-4-3-5-9-21)17-7-10-20-13-15-22(16-14-20)23-11-6-12-24(23)25;1-2-3/h3-5,8-9,13-16,19,23-24H,6-7,10-12,17-18H2,1-2H3;1H3. The summed E-state index contributed by atoms with van der Waals surface area (Å²) in [5.74, 6) is 0.714. The summed E-state index contributed by atoms with van der Waals surface area (Å²) in [7, 11) is 0. The van der Waals surface area contributed by atoms with Crippen LogP contribution < -0.4 is 0 Å². The van der Waals surface area contributed by atoms with Gasteiger partial charge in [0, 0.05) is 24.3 Å². The van der Waals surface area contributed by atoms with Crippen molar-refractivity contribution in [2.45, 2.75) is 76.2 Å². The first-order valence-corrected chi connectivity index (χ1v) is 11.8. The molecular formula is C26H35BrN2. The van der Waals surface area contributed by atoms with E-state index in [1.807, 2.05) is 0 Å². The highest BCUT2D eigenvalue weighted by Crippen LogP contribution is 2.39. The molecule has 2 nitrogen and oxygen atoms in total. The molecular weight excluding hydrogens is 420 g/mol. The number of hydrogen-bond acceptors (Lipinski definition) is 2. The van der Waals surface area contributed by atoms with Crippen LogP contribution in [0.5, 0.6) is 0 Å². The van der Waals surface area contributed by atoms with Crippen LogP contribution in [0.15, 0.2) is 54.6 Å². The number of nitriles is 1. The summed E-state index contributed by atoms with van der Waals surface area (Å²) in [6.07, 6.45) is 6.39. The summed E-state index contributed by atoms with van der Waals surface area (Å²) in [6.45, 7) is 8.23. The van der Waals surface area contributed by atoms with Crippen molar-refractivity contribution >= 4 is 15.9 Å². The highest BCUT2D eigenvalue weighted by atomic mass is 79.9. The average Bonchev–Trinajstić information content (AvgIpc) is 3.15. The van der Waals surface area contributed by atoms with Gasteiger partial charge in [0.05, 0.1) is 6.07 Å². The molecule has 1 aliphatic rings. The average molecular weight is 455 g/mol. The smallest absolute Gasteiger partial charge is 0.0587 e. The quantitative estimate of drug-likeness (QED) is 0.397. The Hall–Kier alpha value is -1.63. The Morgan fingerprint density at radius 1 is 1.03 bits per heavy atom. The topological polar surface area (TPSA) is 27.0 Å². The van der Waals surface area contributed by atoms with E-state index < -0.39 is 0 Å². The molecule has 0 aromatic heterocycles. The monoisotopic (exact) mass is 454 g/mol. The highest BCUT2D eigenvalue weighted by molar-refractivity contribution is 9.09. The largest absolute Gasteiger partial charge is 0.297 e. The van der Waals surface area contributed by atoms with Crippen molar-refractivity contribution < 1.29 is 0 Å². The molecule has 0 bridgehead atoms. The maximum absolute atomic E-state index is 7.32. The zero-order valence-corrected chi connectivity index (χ0v) is 19.7. The number of aryl methyl sites for hydroxylation is 1. The lowest BCUT2D eigenvalue weighted by atomic mass is 9.96. The van der Waals surface area contributed by atoms with Crippen molar-refractivity contribution in [3.05, 3.63) is 71.3 Å². The van der Waals surface area contributed by atoms with Crippen LogP contribution in [0.4, 0.5) is 0 Å². The van der Waals surface area contributed by atoms with E-state index in [9.17, 15) is 0 Å². The number of alkyl halides is 1. The second kappa shape index (κ2) is 12.8. The van der Waals surface area contributed by atoms with Crippen molar-refractivity contribution in [1.29, 1.82) is 5.26 Å². The van der Waals surface area contributed by atoms with Crippen LogP contribution in [-0.4, -0.2) is 22.3 Å². The van der Waals surface area contributed by atoms with E-state index in [-0.39, 0.29) is 0 Å². The Bertz CT molecular complexity index is 734. The summed E-state index contributed by atoms with van der Waals surface area (Å²) in [4.78, 5) is 3.25. The molecule has 2 aromatic rings. The Kier molecular flexibility index (Phi) is 10.5. The fourth-order valence-electron chi connectivity index (χ4n) is 4.05. The molecule has 0 spiro atoms. The molecule has 156 valence electrons. The Labute approximate surface area is 186 Å². The van der Waals surface area contributed by atoms with Gasteiger partial charge in [0.1, 0.15) is 0 Å². The SMILES string of the molecule is CC#N.CC(C)N(CCCc1ccc(C2CCCC2Br)cc1)Cc1ccccc1. The number of hydrogen-bond donors (Lipinski definition) is 0. The summed E-state index contributed by atoms with van der Waals surface area (Å²) < 4.78 is 0. The maximum Gasteiger partial charge on any atom is 0.0587 e. The molecule has 0 N–H and O–H groups in total. The van der Waals surface area contributed by atoms with Crippen molar-refractivity contribution in [2.75, 3.05) is 6.54 Å². The second-order valence-corrected chi connectivity index (χ2v) is 9.35. The van der Waals surface area contributed by atoms with Crippen LogP contribution in [0.25, 0.3) is 0 Å². The van der Waals surface area contributed by atoms with Crippen LogP contribution in [0.2, 0.25) is 0 Å². The van der Waals surface area contributed by atoms with E-state index in [1.54, 1.807) is 6.07 Å². The van der Waals surface area contributed by atoms with Crippen LogP contribution in [-0.2, 0) is 13.0 Å². The predicted molar refractivity (Wildman–Crippen MR) is 127 cm³/mol. The molecule has 2 aromatic carbocycles. The van der Waals surface area contributed by atoms with E-state index in [2.05, 4.69) is 89.3 Å². The Balaban J connectivity index is 0.000000941. The minimum absolute atomic E-state index is 0.579. The van der Waals surface area contributed by atoms with E-state index in [4.69, 9.17) is 5.26 Å². The summed E-state index contributed by atoms with van der Waals surface area (Å²) in [6, 6.07) is 22.6. The van der Waals surface area contributed by atoms with Crippen molar-refractivity contribution in [3.8, 4) is 6.07 Å². The zero-order valence-electron chi connectivity index (χ0n) is 18.2. The third-order valence-corrected chi connectivity index (χ3v) is 6.81. The first-order chi connectivity index (χ1) is 14.0. The van der Waals surface area contributed by atoms with Gasteiger partial charge in [-0.3, -0.25) is 4.90 Å². The molecule has 0 radical (unpaired) electrons. The Morgan fingerprint density at radius 3 is 2.24 bits per heavy atom. The number of benzene rings is 2. The normalized spacial score (nSPS) is 18.4. The minimum Gasteiger partial charge on any atom is -0.297 e.